The highest BCUT2D eigenvalue weighted by Crippen LogP contribution is 2.20. The Balaban J connectivity index is 2.15. The summed E-state index contributed by atoms with van der Waals surface area (Å²) in [5.41, 5.74) is 1.61. The van der Waals surface area contributed by atoms with E-state index < -0.39 is 0 Å². The lowest BCUT2D eigenvalue weighted by Gasteiger charge is -2.18. The van der Waals surface area contributed by atoms with Gasteiger partial charge in [0.15, 0.2) is 0 Å². The van der Waals surface area contributed by atoms with Gasteiger partial charge in [-0.15, -0.1) is 0 Å². The highest BCUT2D eigenvalue weighted by Gasteiger charge is 2.18. The predicted molar refractivity (Wildman–Crippen MR) is 81.2 cm³/mol. The summed E-state index contributed by atoms with van der Waals surface area (Å²) >= 11 is 0. The lowest BCUT2D eigenvalue weighted by atomic mass is 10.0. The Kier molecular flexibility index (Phi) is 5.17. The summed E-state index contributed by atoms with van der Waals surface area (Å²) < 4.78 is 5.40. The van der Waals surface area contributed by atoms with Crippen LogP contribution in [0.4, 0.5) is 0 Å². The minimum atomic E-state index is -0.142. The van der Waals surface area contributed by atoms with E-state index in [1.54, 1.807) is 13.0 Å². The van der Waals surface area contributed by atoms with Gasteiger partial charge in [0, 0.05) is 6.61 Å². The second-order valence-electron chi connectivity index (χ2n) is 5.13. The third kappa shape index (κ3) is 3.95. The van der Waals surface area contributed by atoms with Crippen molar-refractivity contribution in [3.05, 3.63) is 59.0 Å². The van der Waals surface area contributed by atoms with Crippen LogP contribution in [-0.2, 0) is 0 Å². The van der Waals surface area contributed by atoms with Gasteiger partial charge < -0.3 is 14.8 Å². The first-order valence-corrected chi connectivity index (χ1v) is 7.15. The highest BCUT2D eigenvalue weighted by molar-refractivity contribution is 5.95. The van der Waals surface area contributed by atoms with Gasteiger partial charge in [-0.2, -0.15) is 0 Å². The van der Waals surface area contributed by atoms with Crippen molar-refractivity contribution in [3.63, 3.8) is 0 Å². The van der Waals surface area contributed by atoms with E-state index >= 15 is 0 Å². The Hall–Kier alpha value is -2.07. The van der Waals surface area contributed by atoms with Gasteiger partial charge in [-0.25, -0.2) is 0 Å². The first kappa shape index (κ1) is 15.3. The summed E-state index contributed by atoms with van der Waals surface area (Å²) in [6, 6.07) is 11.4. The normalized spacial score (nSPS) is 12.1. The number of aliphatic hydroxyl groups is 1. The number of nitrogens with one attached hydrogen (secondary N) is 1. The number of rotatable bonds is 6. The number of benzene rings is 1. The van der Waals surface area contributed by atoms with Gasteiger partial charge in [0.25, 0.3) is 5.91 Å². The third-order valence-corrected chi connectivity index (χ3v) is 3.44. The van der Waals surface area contributed by atoms with Crippen molar-refractivity contribution in [2.45, 2.75) is 32.7 Å². The van der Waals surface area contributed by atoms with Crippen LogP contribution in [0.3, 0.4) is 0 Å². The van der Waals surface area contributed by atoms with Crippen LogP contribution in [0.25, 0.3) is 0 Å². The Morgan fingerprint density at radius 1 is 1.29 bits per heavy atom. The quantitative estimate of drug-likeness (QED) is 0.858. The molecule has 0 aliphatic rings. The Morgan fingerprint density at radius 3 is 2.57 bits per heavy atom. The molecule has 0 bridgehead atoms. The molecule has 112 valence electrons. The van der Waals surface area contributed by atoms with E-state index in [0.29, 0.717) is 24.2 Å². The lowest BCUT2D eigenvalue weighted by molar-refractivity contribution is 0.0931. The molecule has 1 atom stereocenters. The summed E-state index contributed by atoms with van der Waals surface area (Å²) in [4.78, 5) is 12.4. The summed E-state index contributed by atoms with van der Waals surface area (Å²) in [6.07, 6.45) is 1.34. The molecule has 1 aromatic carbocycles. The molecule has 1 amide bonds. The largest absolute Gasteiger partial charge is 0.466 e. The van der Waals surface area contributed by atoms with E-state index in [9.17, 15) is 4.79 Å². The molecule has 2 N–H and O–H groups in total. The molecule has 0 saturated heterocycles. The van der Waals surface area contributed by atoms with Crippen molar-refractivity contribution in [1.29, 1.82) is 0 Å². The van der Waals surface area contributed by atoms with Crippen molar-refractivity contribution < 1.29 is 14.3 Å². The molecule has 1 unspecified atom stereocenters. The van der Waals surface area contributed by atoms with Gasteiger partial charge in [-0.05, 0) is 38.3 Å². The number of amides is 1. The second kappa shape index (κ2) is 7.09. The predicted octanol–water partition coefficient (Wildman–Crippen LogP) is 3.14. The van der Waals surface area contributed by atoms with Crippen LogP contribution >= 0.6 is 0 Å². The molecule has 2 rings (SSSR count). The number of hydrogen-bond acceptors (Lipinski definition) is 3. The van der Waals surface area contributed by atoms with Crippen LogP contribution in [0.2, 0.25) is 0 Å². The highest BCUT2D eigenvalue weighted by atomic mass is 16.3. The molecule has 1 heterocycles. The number of carbonyl (C=O) groups is 1. The molecule has 0 saturated carbocycles. The molecule has 4 heteroatoms. The molecular weight excluding hydrogens is 266 g/mol. The fourth-order valence-electron chi connectivity index (χ4n) is 2.40. The maximum Gasteiger partial charge on any atom is 0.255 e. The zero-order chi connectivity index (χ0) is 15.2. The molecular formula is C17H21NO3. The number of aliphatic hydroxyl groups excluding tert-OH is 1. The van der Waals surface area contributed by atoms with Crippen LogP contribution in [0.15, 0.2) is 40.8 Å². The lowest BCUT2D eigenvalue weighted by Crippen LogP contribution is -2.29. The number of hydrogen-bond donors (Lipinski definition) is 2. The monoisotopic (exact) mass is 287 g/mol. The van der Waals surface area contributed by atoms with Crippen molar-refractivity contribution in [2.75, 3.05) is 6.61 Å². The fourth-order valence-corrected chi connectivity index (χ4v) is 2.40. The van der Waals surface area contributed by atoms with Crippen LogP contribution in [0.5, 0.6) is 0 Å². The first-order valence-electron chi connectivity index (χ1n) is 7.15. The fraction of sp³-hybridized carbons (Fsp3) is 0.353. The van der Waals surface area contributed by atoms with Gasteiger partial charge in [-0.1, -0.05) is 30.3 Å². The molecule has 1 aromatic heterocycles. The molecule has 21 heavy (non-hydrogen) atoms. The smallest absolute Gasteiger partial charge is 0.255 e. The molecule has 0 aliphatic carbocycles. The van der Waals surface area contributed by atoms with E-state index in [1.165, 1.54) is 0 Å². The first-order chi connectivity index (χ1) is 10.1. The Labute approximate surface area is 124 Å². The van der Waals surface area contributed by atoms with Crippen LogP contribution < -0.4 is 5.32 Å². The van der Waals surface area contributed by atoms with E-state index in [1.807, 2.05) is 37.3 Å². The summed E-state index contributed by atoms with van der Waals surface area (Å²) in [6.45, 7) is 3.72. The molecule has 4 nitrogen and oxygen atoms in total. The van der Waals surface area contributed by atoms with E-state index in [-0.39, 0.29) is 18.6 Å². The molecule has 0 fully saturated rings. The van der Waals surface area contributed by atoms with Gasteiger partial charge in [0.2, 0.25) is 0 Å². The molecule has 0 radical (unpaired) electrons. The number of furan rings is 1. The van der Waals surface area contributed by atoms with Crippen molar-refractivity contribution in [3.8, 4) is 0 Å². The van der Waals surface area contributed by atoms with Crippen LogP contribution in [0.1, 0.15) is 46.3 Å². The molecule has 2 aromatic rings. The Bertz CT molecular complexity index is 589. The zero-order valence-corrected chi connectivity index (χ0v) is 12.4. The SMILES string of the molecule is Cc1cc(C(=O)NC(CCCO)c2ccccc2)c(C)o1. The van der Waals surface area contributed by atoms with E-state index in [4.69, 9.17) is 9.52 Å². The van der Waals surface area contributed by atoms with Gasteiger partial charge in [0.05, 0.1) is 11.6 Å². The van der Waals surface area contributed by atoms with Gasteiger partial charge >= 0.3 is 0 Å². The maximum absolute atomic E-state index is 12.4. The summed E-state index contributed by atoms with van der Waals surface area (Å²) in [5.74, 6) is 1.21. The van der Waals surface area contributed by atoms with Crippen LogP contribution in [-0.4, -0.2) is 17.6 Å². The number of aryl methyl sites for hydroxylation is 2. The van der Waals surface area contributed by atoms with Gasteiger partial charge in [-0.3, -0.25) is 4.79 Å². The van der Waals surface area contributed by atoms with Crippen LogP contribution in [0, 0.1) is 13.8 Å². The minimum absolute atomic E-state index is 0.111. The standard InChI is InChI=1S/C17H21NO3/c1-12-11-15(13(2)21-12)17(20)18-16(9-6-10-19)14-7-4-3-5-8-14/h3-5,7-8,11,16,19H,6,9-10H2,1-2H3,(H,18,20). The van der Waals surface area contributed by atoms with E-state index in [2.05, 4.69) is 5.32 Å². The molecule has 0 aliphatic heterocycles. The van der Waals surface area contributed by atoms with Crippen molar-refractivity contribution in [2.24, 2.45) is 0 Å². The summed E-state index contributed by atoms with van der Waals surface area (Å²) in [7, 11) is 0. The maximum atomic E-state index is 12.4. The number of carbonyl (C=O) groups excluding carboxylic acids is 1. The summed E-state index contributed by atoms with van der Waals surface area (Å²) in [5, 5.41) is 12.1. The second-order valence-corrected chi connectivity index (χ2v) is 5.13. The Morgan fingerprint density at radius 2 is 2.00 bits per heavy atom. The third-order valence-electron chi connectivity index (χ3n) is 3.44. The van der Waals surface area contributed by atoms with Crippen molar-refractivity contribution in [1.82, 2.24) is 5.32 Å². The minimum Gasteiger partial charge on any atom is -0.466 e. The van der Waals surface area contributed by atoms with E-state index in [0.717, 1.165) is 11.3 Å². The average molecular weight is 287 g/mol. The van der Waals surface area contributed by atoms with Gasteiger partial charge in [0.1, 0.15) is 11.5 Å². The average Bonchev–Trinajstić information content (AvgIpc) is 2.83. The zero-order valence-electron chi connectivity index (χ0n) is 12.4. The topological polar surface area (TPSA) is 62.5 Å². The van der Waals surface area contributed by atoms with Crippen molar-refractivity contribution >= 4 is 5.91 Å². The molecule has 0 spiro atoms.